The van der Waals surface area contributed by atoms with Crippen LogP contribution in [0.5, 0.6) is 0 Å². The minimum absolute atomic E-state index is 0.277. The lowest BCUT2D eigenvalue weighted by Gasteiger charge is -2.37. The van der Waals surface area contributed by atoms with E-state index in [1.54, 1.807) is 33.8 Å². The van der Waals surface area contributed by atoms with E-state index in [0.717, 1.165) is 0 Å². The molecule has 2 unspecified atom stereocenters. The molecular formula is C15H22O5. The molecule has 0 spiro atoms. The molecule has 0 aromatic carbocycles. The van der Waals surface area contributed by atoms with Crippen LogP contribution in [0.1, 0.15) is 47.5 Å². The van der Waals surface area contributed by atoms with Gasteiger partial charge in [0.1, 0.15) is 11.4 Å². The lowest BCUT2D eigenvalue weighted by atomic mass is 9.90. The third-order valence-electron chi connectivity index (χ3n) is 3.40. The summed E-state index contributed by atoms with van der Waals surface area (Å²) < 4.78 is 16.7. The lowest BCUT2D eigenvalue weighted by Crippen LogP contribution is -2.56. The molecule has 0 amide bonds. The maximum atomic E-state index is 12.5. The minimum atomic E-state index is -1.71. The topological polar surface area (TPSA) is 61.8 Å². The highest BCUT2D eigenvalue weighted by Gasteiger charge is 2.64. The number of ketones is 1. The molecule has 2 atom stereocenters. The van der Waals surface area contributed by atoms with Crippen LogP contribution < -0.4 is 0 Å². The summed E-state index contributed by atoms with van der Waals surface area (Å²) >= 11 is 0. The Morgan fingerprint density at radius 2 is 2.10 bits per heavy atom. The number of rotatable bonds is 3. The fourth-order valence-electron chi connectivity index (χ4n) is 2.57. The highest BCUT2D eigenvalue weighted by Crippen LogP contribution is 2.46. The van der Waals surface area contributed by atoms with Gasteiger partial charge < -0.3 is 14.2 Å². The quantitative estimate of drug-likeness (QED) is 0.586. The Kier molecular flexibility index (Phi) is 3.45. The molecule has 0 aliphatic carbocycles. The van der Waals surface area contributed by atoms with E-state index in [1.165, 1.54) is 0 Å². The second-order valence-corrected chi connectivity index (χ2v) is 6.46. The molecule has 2 aliphatic heterocycles. The van der Waals surface area contributed by atoms with E-state index >= 15 is 0 Å². The van der Waals surface area contributed by atoms with Crippen molar-refractivity contribution in [3.63, 3.8) is 0 Å². The zero-order valence-electron chi connectivity index (χ0n) is 12.7. The fraction of sp³-hybridized carbons (Fsp3) is 0.733. The number of hydrogen-bond acceptors (Lipinski definition) is 5. The molecule has 0 aromatic heterocycles. The number of Topliss-reactive ketones (excluding diaryl/α,β-unsaturated/α-hetero) is 1. The van der Waals surface area contributed by atoms with Crippen molar-refractivity contribution in [2.45, 2.75) is 64.3 Å². The number of esters is 1. The van der Waals surface area contributed by atoms with Crippen molar-refractivity contribution in [1.82, 2.24) is 0 Å². The van der Waals surface area contributed by atoms with Crippen molar-refractivity contribution >= 4 is 11.8 Å². The van der Waals surface area contributed by atoms with Crippen LogP contribution in [-0.4, -0.2) is 35.2 Å². The number of ether oxygens (including phenoxy) is 3. The van der Waals surface area contributed by atoms with E-state index in [0.29, 0.717) is 13.0 Å². The Morgan fingerprint density at radius 3 is 2.65 bits per heavy atom. The van der Waals surface area contributed by atoms with Gasteiger partial charge in [-0.25, -0.2) is 4.79 Å². The third-order valence-corrected chi connectivity index (χ3v) is 3.40. The van der Waals surface area contributed by atoms with Crippen molar-refractivity contribution in [1.29, 1.82) is 0 Å². The van der Waals surface area contributed by atoms with Crippen LogP contribution in [-0.2, 0) is 23.8 Å². The lowest BCUT2D eigenvalue weighted by molar-refractivity contribution is -0.198. The maximum Gasteiger partial charge on any atom is 0.354 e. The Bertz CT molecular complexity index is 473. The normalized spacial score (nSPS) is 32.9. The predicted molar refractivity (Wildman–Crippen MR) is 72.0 cm³/mol. The molecule has 2 heterocycles. The molecule has 0 aromatic rings. The fourth-order valence-corrected chi connectivity index (χ4v) is 2.57. The monoisotopic (exact) mass is 282 g/mol. The first kappa shape index (κ1) is 15.0. The van der Waals surface area contributed by atoms with E-state index in [-0.39, 0.29) is 18.0 Å². The Morgan fingerprint density at radius 1 is 1.45 bits per heavy atom. The molecule has 112 valence electrons. The van der Waals surface area contributed by atoms with Crippen molar-refractivity contribution in [2.24, 2.45) is 0 Å². The zero-order chi connectivity index (χ0) is 15.2. The Hall–Kier alpha value is -1.36. The summed E-state index contributed by atoms with van der Waals surface area (Å²) in [6, 6.07) is 0. The van der Waals surface area contributed by atoms with Crippen molar-refractivity contribution in [2.75, 3.05) is 6.61 Å². The molecule has 0 saturated carbocycles. The summed E-state index contributed by atoms with van der Waals surface area (Å²) in [5.41, 5.74) is -3.05. The van der Waals surface area contributed by atoms with E-state index in [4.69, 9.17) is 14.2 Å². The van der Waals surface area contributed by atoms with Crippen LogP contribution in [0.4, 0.5) is 0 Å². The SMILES string of the molecule is CCOC1=CC2(C)CCC(=O)C1(C(=O)OC(C)(C)C)O2. The van der Waals surface area contributed by atoms with Crippen molar-refractivity contribution < 1.29 is 23.8 Å². The summed E-state index contributed by atoms with van der Waals surface area (Å²) in [6.07, 6.45) is 2.57. The van der Waals surface area contributed by atoms with Crippen LogP contribution in [0.15, 0.2) is 11.8 Å². The van der Waals surface area contributed by atoms with E-state index in [9.17, 15) is 9.59 Å². The molecule has 1 saturated heterocycles. The van der Waals surface area contributed by atoms with Gasteiger partial charge >= 0.3 is 5.97 Å². The largest absolute Gasteiger partial charge is 0.494 e. The summed E-state index contributed by atoms with van der Waals surface area (Å²) in [5.74, 6) is -0.696. The van der Waals surface area contributed by atoms with Gasteiger partial charge in [0, 0.05) is 6.42 Å². The van der Waals surface area contributed by atoms with Crippen molar-refractivity contribution in [3.05, 3.63) is 11.8 Å². The van der Waals surface area contributed by atoms with E-state index in [1.807, 2.05) is 6.92 Å². The number of hydrogen-bond donors (Lipinski definition) is 0. The molecule has 2 rings (SSSR count). The van der Waals surface area contributed by atoms with Gasteiger partial charge in [-0.15, -0.1) is 0 Å². The summed E-state index contributed by atoms with van der Waals surface area (Å²) in [4.78, 5) is 24.9. The third kappa shape index (κ3) is 2.35. The number of fused-ring (bicyclic) bond motifs is 2. The first-order chi connectivity index (χ1) is 9.13. The van der Waals surface area contributed by atoms with Crippen LogP contribution in [0, 0.1) is 0 Å². The van der Waals surface area contributed by atoms with Crippen molar-refractivity contribution in [3.8, 4) is 0 Å². The Labute approximate surface area is 119 Å². The average Bonchev–Trinajstić information content (AvgIpc) is 2.54. The molecule has 2 aliphatic rings. The number of carbonyl (C=O) groups excluding carboxylic acids is 2. The molecular weight excluding hydrogens is 260 g/mol. The second kappa shape index (κ2) is 4.58. The zero-order valence-corrected chi connectivity index (χ0v) is 12.7. The van der Waals surface area contributed by atoms with Gasteiger partial charge in [-0.05, 0) is 47.1 Å². The van der Waals surface area contributed by atoms with E-state index in [2.05, 4.69) is 0 Å². The van der Waals surface area contributed by atoms with Gasteiger partial charge in [-0.3, -0.25) is 4.79 Å². The second-order valence-electron chi connectivity index (χ2n) is 6.46. The number of carbonyl (C=O) groups is 2. The summed E-state index contributed by atoms with van der Waals surface area (Å²) in [5, 5.41) is 0. The predicted octanol–water partition coefficient (Wildman–Crippen LogP) is 2.14. The molecule has 5 nitrogen and oxygen atoms in total. The van der Waals surface area contributed by atoms with Crippen LogP contribution in [0.3, 0.4) is 0 Å². The molecule has 0 N–H and O–H groups in total. The molecule has 20 heavy (non-hydrogen) atoms. The molecule has 5 heteroatoms. The highest BCUT2D eigenvalue weighted by atomic mass is 16.6. The molecule has 2 bridgehead atoms. The molecule has 0 radical (unpaired) electrons. The smallest absolute Gasteiger partial charge is 0.354 e. The Balaban J connectivity index is 2.41. The van der Waals surface area contributed by atoms with Gasteiger partial charge in [0.2, 0.25) is 0 Å². The van der Waals surface area contributed by atoms with Gasteiger partial charge in [0.25, 0.3) is 5.60 Å². The first-order valence-electron chi connectivity index (χ1n) is 6.96. The first-order valence-corrected chi connectivity index (χ1v) is 6.96. The maximum absolute atomic E-state index is 12.5. The van der Waals surface area contributed by atoms with Crippen LogP contribution in [0.2, 0.25) is 0 Å². The van der Waals surface area contributed by atoms with Crippen LogP contribution in [0.25, 0.3) is 0 Å². The van der Waals surface area contributed by atoms with E-state index < -0.39 is 22.8 Å². The average molecular weight is 282 g/mol. The van der Waals surface area contributed by atoms with Gasteiger partial charge in [0.15, 0.2) is 5.78 Å². The molecule has 1 fully saturated rings. The van der Waals surface area contributed by atoms with Gasteiger partial charge in [-0.1, -0.05) is 0 Å². The van der Waals surface area contributed by atoms with Crippen LogP contribution >= 0.6 is 0 Å². The van der Waals surface area contributed by atoms with Gasteiger partial charge in [0.05, 0.1) is 12.2 Å². The standard InChI is InChI=1S/C15H22O5/c1-6-18-11-9-14(5)8-7-10(16)15(11,20-14)12(17)19-13(2,3)4/h9H,6-8H2,1-5H3. The summed E-state index contributed by atoms with van der Waals surface area (Å²) in [7, 11) is 0. The summed E-state index contributed by atoms with van der Waals surface area (Å²) in [6.45, 7) is 9.29. The van der Waals surface area contributed by atoms with Gasteiger partial charge in [-0.2, -0.15) is 0 Å². The minimum Gasteiger partial charge on any atom is -0.494 e. The highest BCUT2D eigenvalue weighted by molar-refractivity contribution is 6.11.